The SMILES string of the molecule is Cc1ccc(CCCOc2cccc(Br)c2)cc1. The lowest BCUT2D eigenvalue weighted by Crippen LogP contribution is -1.99. The van der Waals surface area contributed by atoms with Crippen LogP contribution in [0.4, 0.5) is 0 Å². The van der Waals surface area contributed by atoms with Crippen LogP contribution in [0.15, 0.2) is 53.0 Å². The molecule has 0 heterocycles. The standard InChI is InChI=1S/C16H17BrO/c1-13-7-9-14(10-8-13)4-3-11-18-16-6-2-5-15(17)12-16/h2,5-10,12H,3-4,11H2,1H3. The van der Waals surface area contributed by atoms with Gasteiger partial charge in [0.05, 0.1) is 6.61 Å². The van der Waals surface area contributed by atoms with Crippen LogP contribution in [-0.4, -0.2) is 6.61 Å². The molecule has 94 valence electrons. The molecule has 0 radical (unpaired) electrons. The normalized spacial score (nSPS) is 10.3. The molecule has 0 bridgehead atoms. The van der Waals surface area contributed by atoms with Crippen molar-refractivity contribution in [2.24, 2.45) is 0 Å². The van der Waals surface area contributed by atoms with Crippen LogP contribution in [-0.2, 0) is 6.42 Å². The minimum absolute atomic E-state index is 0.754. The van der Waals surface area contributed by atoms with Gasteiger partial charge in [0.25, 0.3) is 0 Å². The predicted molar refractivity (Wildman–Crippen MR) is 79.1 cm³/mol. The summed E-state index contributed by atoms with van der Waals surface area (Å²) in [4.78, 5) is 0. The first-order valence-corrected chi connectivity index (χ1v) is 6.97. The maximum Gasteiger partial charge on any atom is 0.120 e. The van der Waals surface area contributed by atoms with E-state index < -0.39 is 0 Å². The highest BCUT2D eigenvalue weighted by Gasteiger charge is 1.96. The van der Waals surface area contributed by atoms with Gasteiger partial charge in [0.2, 0.25) is 0 Å². The predicted octanol–water partition coefficient (Wildman–Crippen LogP) is 4.77. The van der Waals surface area contributed by atoms with Crippen molar-refractivity contribution in [1.29, 1.82) is 0 Å². The van der Waals surface area contributed by atoms with E-state index in [9.17, 15) is 0 Å². The molecule has 0 saturated heterocycles. The Kier molecular flexibility index (Phi) is 4.82. The van der Waals surface area contributed by atoms with E-state index in [-0.39, 0.29) is 0 Å². The van der Waals surface area contributed by atoms with Gasteiger partial charge in [-0.1, -0.05) is 51.8 Å². The Morgan fingerprint density at radius 2 is 1.83 bits per heavy atom. The number of rotatable bonds is 5. The van der Waals surface area contributed by atoms with Crippen LogP contribution in [0.5, 0.6) is 5.75 Å². The van der Waals surface area contributed by atoms with Gasteiger partial charge in [0.15, 0.2) is 0 Å². The van der Waals surface area contributed by atoms with Crippen molar-refractivity contribution in [2.75, 3.05) is 6.61 Å². The smallest absolute Gasteiger partial charge is 0.120 e. The van der Waals surface area contributed by atoms with Gasteiger partial charge in [-0.3, -0.25) is 0 Å². The van der Waals surface area contributed by atoms with E-state index in [1.54, 1.807) is 0 Å². The van der Waals surface area contributed by atoms with E-state index in [1.165, 1.54) is 11.1 Å². The number of ether oxygens (including phenoxy) is 1. The molecule has 0 aliphatic heterocycles. The molecule has 0 amide bonds. The Morgan fingerprint density at radius 3 is 2.56 bits per heavy atom. The van der Waals surface area contributed by atoms with Crippen LogP contribution < -0.4 is 4.74 Å². The molecular formula is C16H17BrO. The van der Waals surface area contributed by atoms with Crippen LogP contribution >= 0.6 is 15.9 Å². The summed E-state index contributed by atoms with van der Waals surface area (Å²) in [7, 11) is 0. The van der Waals surface area contributed by atoms with Crippen LogP contribution in [0.1, 0.15) is 17.5 Å². The van der Waals surface area contributed by atoms with E-state index in [0.717, 1.165) is 29.7 Å². The first-order valence-electron chi connectivity index (χ1n) is 6.18. The minimum Gasteiger partial charge on any atom is -0.494 e. The zero-order chi connectivity index (χ0) is 12.8. The van der Waals surface area contributed by atoms with Gasteiger partial charge >= 0.3 is 0 Å². The van der Waals surface area contributed by atoms with Crippen LogP contribution in [0, 0.1) is 6.92 Å². The first kappa shape index (κ1) is 13.2. The second kappa shape index (κ2) is 6.60. The topological polar surface area (TPSA) is 9.23 Å². The molecule has 0 saturated carbocycles. The van der Waals surface area contributed by atoms with Crippen LogP contribution in [0.3, 0.4) is 0 Å². The van der Waals surface area contributed by atoms with E-state index in [2.05, 4.69) is 47.1 Å². The maximum absolute atomic E-state index is 5.70. The molecule has 0 aromatic heterocycles. The molecule has 0 fully saturated rings. The number of halogens is 1. The molecule has 0 unspecified atom stereocenters. The molecule has 0 atom stereocenters. The van der Waals surface area contributed by atoms with Gasteiger partial charge in [-0.05, 0) is 43.5 Å². The van der Waals surface area contributed by atoms with Crippen molar-refractivity contribution in [3.63, 3.8) is 0 Å². The second-order valence-electron chi connectivity index (χ2n) is 4.39. The quantitative estimate of drug-likeness (QED) is 0.723. The maximum atomic E-state index is 5.70. The number of hydrogen-bond donors (Lipinski definition) is 0. The zero-order valence-electron chi connectivity index (χ0n) is 10.5. The Labute approximate surface area is 117 Å². The summed E-state index contributed by atoms with van der Waals surface area (Å²) in [5, 5.41) is 0. The lowest BCUT2D eigenvalue weighted by atomic mass is 10.1. The fourth-order valence-electron chi connectivity index (χ4n) is 1.78. The zero-order valence-corrected chi connectivity index (χ0v) is 12.1. The van der Waals surface area contributed by atoms with Crippen molar-refractivity contribution in [3.05, 3.63) is 64.1 Å². The van der Waals surface area contributed by atoms with E-state index in [0.29, 0.717) is 0 Å². The molecule has 1 nitrogen and oxygen atoms in total. The fraction of sp³-hybridized carbons (Fsp3) is 0.250. The number of hydrogen-bond acceptors (Lipinski definition) is 1. The summed E-state index contributed by atoms with van der Waals surface area (Å²) in [6.07, 6.45) is 2.10. The number of benzene rings is 2. The van der Waals surface area contributed by atoms with Gasteiger partial charge < -0.3 is 4.74 Å². The lowest BCUT2D eigenvalue weighted by molar-refractivity contribution is 0.311. The summed E-state index contributed by atoms with van der Waals surface area (Å²) in [5.41, 5.74) is 2.68. The first-order chi connectivity index (χ1) is 8.74. The summed E-state index contributed by atoms with van der Waals surface area (Å²) >= 11 is 3.43. The second-order valence-corrected chi connectivity index (χ2v) is 5.31. The molecule has 0 N–H and O–H groups in total. The Balaban J connectivity index is 1.74. The van der Waals surface area contributed by atoms with Gasteiger partial charge in [-0.25, -0.2) is 0 Å². The third-order valence-electron chi connectivity index (χ3n) is 2.80. The summed E-state index contributed by atoms with van der Waals surface area (Å²) in [6, 6.07) is 16.7. The van der Waals surface area contributed by atoms with E-state index in [4.69, 9.17) is 4.74 Å². The minimum atomic E-state index is 0.754. The summed E-state index contributed by atoms with van der Waals surface area (Å²) < 4.78 is 6.76. The lowest BCUT2D eigenvalue weighted by Gasteiger charge is -2.06. The highest BCUT2D eigenvalue weighted by molar-refractivity contribution is 9.10. The van der Waals surface area contributed by atoms with Crippen molar-refractivity contribution in [2.45, 2.75) is 19.8 Å². The molecule has 0 aliphatic carbocycles. The van der Waals surface area contributed by atoms with Crippen molar-refractivity contribution in [3.8, 4) is 5.75 Å². The highest BCUT2D eigenvalue weighted by atomic mass is 79.9. The third-order valence-corrected chi connectivity index (χ3v) is 3.29. The molecule has 0 spiro atoms. The molecule has 2 heteroatoms. The summed E-state index contributed by atoms with van der Waals surface area (Å²) in [6.45, 7) is 2.87. The van der Waals surface area contributed by atoms with Gasteiger partial charge in [-0.15, -0.1) is 0 Å². The largest absolute Gasteiger partial charge is 0.494 e. The highest BCUT2D eigenvalue weighted by Crippen LogP contribution is 2.18. The monoisotopic (exact) mass is 304 g/mol. The Bertz CT molecular complexity index is 491. The Morgan fingerprint density at radius 1 is 1.06 bits per heavy atom. The van der Waals surface area contributed by atoms with Crippen molar-refractivity contribution < 1.29 is 4.74 Å². The average molecular weight is 305 g/mol. The summed E-state index contributed by atoms with van der Waals surface area (Å²) in [5.74, 6) is 0.924. The Hall–Kier alpha value is -1.28. The molecule has 2 aromatic rings. The van der Waals surface area contributed by atoms with Gasteiger partial charge in [-0.2, -0.15) is 0 Å². The van der Waals surface area contributed by atoms with Gasteiger partial charge in [0.1, 0.15) is 5.75 Å². The fourth-order valence-corrected chi connectivity index (χ4v) is 2.16. The molecule has 2 rings (SSSR count). The molecule has 2 aromatic carbocycles. The van der Waals surface area contributed by atoms with Gasteiger partial charge in [0, 0.05) is 4.47 Å². The van der Waals surface area contributed by atoms with E-state index in [1.807, 2.05) is 24.3 Å². The molecular weight excluding hydrogens is 288 g/mol. The molecule has 18 heavy (non-hydrogen) atoms. The van der Waals surface area contributed by atoms with Crippen molar-refractivity contribution >= 4 is 15.9 Å². The van der Waals surface area contributed by atoms with Crippen LogP contribution in [0.25, 0.3) is 0 Å². The van der Waals surface area contributed by atoms with Crippen molar-refractivity contribution in [1.82, 2.24) is 0 Å². The van der Waals surface area contributed by atoms with Crippen LogP contribution in [0.2, 0.25) is 0 Å². The number of aryl methyl sites for hydroxylation is 2. The third kappa shape index (κ3) is 4.19. The van der Waals surface area contributed by atoms with E-state index >= 15 is 0 Å². The molecule has 0 aliphatic rings. The average Bonchev–Trinajstić information content (AvgIpc) is 2.37.